The summed E-state index contributed by atoms with van der Waals surface area (Å²) in [5.41, 5.74) is 3.72. The van der Waals surface area contributed by atoms with Crippen LogP contribution in [0.4, 0.5) is 22.7 Å². The van der Waals surface area contributed by atoms with Crippen molar-refractivity contribution in [3.8, 4) is 34.5 Å². The number of halogens is 3. The Morgan fingerprint density at radius 2 is 1.20 bits per heavy atom. The Morgan fingerprint density at radius 1 is 0.595 bits per heavy atom. The first kappa shape index (κ1) is 56.6. The number of hydrogen-bond acceptors (Lipinski definition) is 15. The molecule has 0 aromatic heterocycles. The third-order valence-electron chi connectivity index (χ3n) is 17.4. The summed E-state index contributed by atoms with van der Waals surface area (Å²) in [5, 5.41) is 40.7. The minimum absolute atomic E-state index is 0.177. The molecule has 0 amide bonds. The lowest BCUT2D eigenvalue weighted by molar-refractivity contribution is -0.152. The van der Waals surface area contributed by atoms with Crippen molar-refractivity contribution >= 4 is 93.0 Å². The van der Waals surface area contributed by atoms with E-state index in [-0.39, 0.29) is 19.6 Å². The van der Waals surface area contributed by atoms with Gasteiger partial charge in [-0.3, -0.25) is 14.4 Å². The average molecular weight is 1200 g/mol. The minimum atomic E-state index is -1.02. The van der Waals surface area contributed by atoms with Crippen LogP contribution in [-0.2, 0) is 14.4 Å². The van der Waals surface area contributed by atoms with Crippen LogP contribution in [0.25, 0.3) is 0 Å². The highest BCUT2D eigenvalue weighted by Gasteiger charge is 2.47. The normalized spacial score (nSPS) is 20.8. The molecule has 0 saturated carbocycles. The van der Waals surface area contributed by atoms with Crippen molar-refractivity contribution in [2.45, 2.75) is 64.7 Å². The molecule has 6 atom stereocenters. The fourth-order valence-electron chi connectivity index (χ4n) is 12.6. The van der Waals surface area contributed by atoms with Gasteiger partial charge in [0.1, 0.15) is 46.1 Å². The summed E-state index contributed by atoms with van der Waals surface area (Å²) < 4.78 is 20.4. The summed E-state index contributed by atoms with van der Waals surface area (Å²) in [6.07, 6.45) is 0.861. The van der Waals surface area contributed by atoms with Crippen molar-refractivity contribution in [1.29, 1.82) is 0 Å². The molecule has 0 aliphatic carbocycles. The first-order valence-corrected chi connectivity index (χ1v) is 29.4. The molecule has 84 heavy (non-hydrogen) atoms. The number of carbonyl (C=O) groups is 3. The molecule has 0 bridgehead atoms. The largest absolute Gasteiger partial charge is 0.481 e. The second-order valence-corrected chi connectivity index (χ2v) is 23.4. The summed E-state index contributed by atoms with van der Waals surface area (Å²) in [4.78, 5) is 63.5. The number of nitrogens with zero attached hydrogens (tertiary/aromatic N) is 7. The van der Waals surface area contributed by atoms with Gasteiger partial charge in [-0.15, -0.1) is 0 Å². The van der Waals surface area contributed by atoms with Crippen LogP contribution in [0, 0.1) is 17.3 Å². The molecule has 434 valence electrons. The summed E-state index contributed by atoms with van der Waals surface area (Å²) >= 11 is 20.6. The van der Waals surface area contributed by atoms with Gasteiger partial charge in [0.2, 0.25) is 0 Å². The molecule has 6 aliphatic heterocycles. The number of piperazine rings is 3. The fourth-order valence-corrected chi connectivity index (χ4v) is 13.2. The molecule has 6 heterocycles. The van der Waals surface area contributed by atoms with E-state index in [1.54, 1.807) is 50.2 Å². The van der Waals surface area contributed by atoms with Gasteiger partial charge in [-0.05, 0) is 105 Å². The molecule has 0 radical (unpaired) electrons. The van der Waals surface area contributed by atoms with Gasteiger partial charge in [-0.1, -0.05) is 85.9 Å². The maximum Gasteiger partial charge on any atom is 0.311 e. The van der Waals surface area contributed by atoms with Gasteiger partial charge in [0, 0.05) is 85.1 Å². The molecule has 6 aromatic carbocycles. The fraction of sp³-hybridized carbons (Fsp3) is 0.333. The van der Waals surface area contributed by atoms with Crippen molar-refractivity contribution in [3.63, 3.8) is 0 Å². The molecular weight excluding hydrogens is 1130 g/mol. The molecule has 3 fully saturated rings. The van der Waals surface area contributed by atoms with Crippen LogP contribution < -0.4 is 29.7 Å². The van der Waals surface area contributed by atoms with E-state index >= 15 is 0 Å². The van der Waals surface area contributed by atoms with Crippen LogP contribution in [-0.4, -0.2) is 136 Å². The zero-order valence-corrected chi connectivity index (χ0v) is 48.8. The summed E-state index contributed by atoms with van der Waals surface area (Å²) in [5.74, 6) is -0.0850. The van der Waals surface area contributed by atoms with Gasteiger partial charge >= 0.3 is 17.9 Å². The minimum Gasteiger partial charge on any atom is -0.481 e. The number of aliphatic carboxylic acids is 3. The number of para-hydroxylation sites is 5. The Labute approximate surface area is 500 Å². The molecule has 3 unspecified atom stereocenters. The first-order chi connectivity index (χ1) is 40.5. The van der Waals surface area contributed by atoms with Crippen LogP contribution in [0.3, 0.4) is 0 Å². The monoisotopic (exact) mass is 1190 g/mol. The molecule has 0 spiro atoms. The number of aliphatic imine (C=N–C) groups is 3. The summed E-state index contributed by atoms with van der Waals surface area (Å²) in [7, 11) is 0. The number of amidine groups is 3. The third-order valence-corrected chi connectivity index (χ3v) is 18.1. The number of fused-ring (bicyclic) bond motifs is 6. The lowest BCUT2D eigenvalue weighted by Crippen LogP contribution is -2.61. The molecule has 12 rings (SSSR count). The Kier molecular flexibility index (Phi) is 15.5. The van der Waals surface area contributed by atoms with E-state index in [4.69, 9.17) is 64.0 Å². The maximum atomic E-state index is 13.5. The Hall–Kier alpha value is -7.87. The summed E-state index contributed by atoms with van der Waals surface area (Å²) in [6.45, 7) is 9.97. The van der Waals surface area contributed by atoms with Gasteiger partial charge < -0.3 is 59.8 Å². The highest BCUT2D eigenvalue weighted by Crippen LogP contribution is 2.49. The van der Waals surface area contributed by atoms with E-state index in [0.717, 1.165) is 0 Å². The smallest absolute Gasteiger partial charge is 0.311 e. The van der Waals surface area contributed by atoms with Gasteiger partial charge in [0.05, 0.1) is 51.7 Å². The number of hydrogen-bond donors (Lipinski definition) is 5. The van der Waals surface area contributed by atoms with Crippen LogP contribution in [0.1, 0.15) is 68.8 Å². The van der Waals surface area contributed by atoms with Crippen molar-refractivity contribution in [3.05, 3.63) is 153 Å². The Balaban J connectivity index is 0.935. The van der Waals surface area contributed by atoms with Crippen LogP contribution >= 0.6 is 34.8 Å². The zero-order chi connectivity index (χ0) is 58.7. The number of nitrogens with one attached hydrogen (secondary N) is 2. The predicted molar refractivity (Wildman–Crippen MR) is 324 cm³/mol. The van der Waals surface area contributed by atoms with Gasteiger partial charge in [-0.2, -0.15) is 0 Å². The number of carboxylic acids is 3. The summed E-state index contributed by atoms with van der Waals surface area (Å²) in [6, 6.07) is 32.6. The first-order valence-electron chi connectivity index (χ1n) is 28.3. The third kappa shape index (κ3) is 10.4. The second-order valence-electron chi connectivity index (χ2n) is 22.1. The molecule has 6 aliphatic rings. The molecule has 3 saturated heterocycles. The molecule has 18 nitrogen and oxygen atoms in total. The number of benzene rings is 6. The lowest BCUT2D eigenvalue weighted by atomic mass is 9.74. The van der Waals surface area contributed by atoms with Gasteiger partial charge in [0.15, 0.2) is 23.0 Å². The standard InChI is InChI=1S/C63H62Cl3N9O9/c1-5-63(6-2,62(80)81)54-33-72(23-22-67-54)57-39-12-11-15-48(56(39)84-53-21-19-37(65)29-45(53)71-57)75-25-24-73(32-49(75)35(4)61(78)79)59-42-28-38(66)27-40(55(42)83-52-17-10-8-14-44(52)70-59)47-31-74(30-46(68-47)34(3)60(76)77)58-41-26-36(64)18-20-50(41)82-51-16-9-7-13-43(51)69-58/h7-21,26-29,34-35,46-47,49,54,67-68H,5-6,22-25,30-33H2,1-4H3,(H,76,77)(H,78,79)(H,80,81)/t34-,35+,46?,47?,49?,54-/m0/s1. The quantitative estimate of drug-likeness (QED) is 0.0863. The van der Waals surface area contributed by atoms with Gasteiger partial charge in [-0.25, -0.2) is 15.0 Å². The van der Waals surface area contributed by atoms with E-state index in [0.29, 0.717) is 158 Å². The highest BCUT2D eigenvalue weighted by molar-refractivity contribution is 6.32. The van der Waals surface area contributed by atoms with Crippen LogP contribution in [0.2, 0.25) is 15.1 Å². The SMILES string of the molecule is CCC(CC)(C(=O)O)[C@@H]1CN(C2=Nc3cc(Cl)ccc3Oc3c2cccc3N2CCN(C3=Nc4ccccc4Oc4c3cc(Cl)cc4C3CN(C4=Nc5ccccc5Oc5ccc(Cl)cc54)CC([C@H](C)C(=O)O)N3)CC2[C@@H](C)C(=O)O)CCN1. The Bertz CT molecular complexity index is 3720. The topological polar surface area (TPSA) is 214 Å². The van der Waals surface area contributed by atoms with Crippen molar-refractivity contribution in [2.24, 2.45) is 32.2 Å². The van der Waals surface area contributed by atoms with Crippen molar-refractivity contribution < 1.29 is 43.9 Å². The number of anilines is 1. The van der Waals surface area contributed by atoms with Crippen molar-refractivity contribution in [1.82, 2.24) is 25.3 Å². The van der Waals surface area contributed by atoms with E-state index in [1.165, 1.54) is 0 Å². The van der Waals surface area contributed by atoms with Crippen molar-refractivity contribution in [2.75, 3.05) is 57.3 Å². The van der Waals surface area contributed by atoms with E-state index in [9.17, 15) is 29.7 Å². The Morgan fingerprint density at radius 3 is 1.90 bits per heavy atom. The van der Waals surface area contributed by atoms with Gasteiger partial charge in [0.25, 0.3) is 0 Å². The molecule has 6 aromatic rings. The average Bonchev–Trinajstić information content (AvgIpc) is 3.30. The second kappa shape index (κ2) is 22.9. The van der Waals surface area contributed by atoms with E-state index < -0.39 is 59.3 Å². The van der Waals surface area contributed by atoms with E-state index in [1.807, 2.05) is 92.7 Å². The maximum absolute atomic E-state index is 13.5. The molecular formula is C63H62Cl3N9O9. The zero-order valence-electron chi connectivity index (χ0n) is 46.6. The predicted octanol–water partition coefficient (Wildman–Crippen LogP) is 12.0. The lowest BCUT2D eigenvalue weighted by Gasteiger charge is -2.46. The van der Waals surface area contributed by atoms with E-state index in [2.05, 4.69) is 30.2 Å². The number of rotatable bonds is 10. The molecule has 5 N–H and O–H groups in total. The number of ether oxygens (including phenoxy) is 3. The molecule has 21 heteroatoms. The highest BCUT2D eigenvalue weighted by atomic mass is 35.5. The number of carboxylic acid groups (broad SMARTS) is 3. The van der Waals surface area contributed by atoms with Crippen LogP contribution in [0.5, 0.6) is 34.5 Å². The van der Waals surface area contributed by atoms with Crippen LogP contribution in [0.15, 0.2) is 130 Å².